The minimum Gasteiger partial charge on any atom is -0.328 e. The Morgan fingerprint density at radius 2 is 2.21 bits per heavy atom. The summed E-state index contributed by atoms with van der Waals surface area (Å²) in [5.41, 5.74) is 9.82. The molecule has 1 atom stereocenters. The number of hydrogen-bond acceptors (Lipinski definition) is 4. The number of aromatic amines is 1. The highest BCUT2D eigenvalue weighted by atomic mass is 16.1. The van der Waals surface area contributed by atoms with Gasteiger partial charge in [-0.25, -0.2) is 0 Å². The average Bonchev–Trinajstić information content (AvgIpc) is 2.86. The van der Waals surface area contributed by atoms with Gasteiger partial charge in [0, 0.05) is 23.4 Å². The van der Waals surface area contributed by atoms with Gasteiger partial charge in [0.05, 0.1) is 5.69 Å². The minimum absolute atomic E-state index is 0.257. The SMILES string of the molecule is Cc1cc(-c2ccc3c(c2)C(CN)N=NC3=O)n[nH]1. The van der Waals surface area contributed by atoms with Crippen molar-refractivity contribution in [2.45, 2.75) is 13.0 Å². The van der Waals surface area contributed by atoms with E-state index in [0.717, 1.165) is 22.5 Å². The lowest BCUT2D eigenvalue weighted by molar-refractivity contribution is 0.0985. The maximum atomic E-state index is 11.7. The van der Waals surface area contributed by atoms with Crippen molar-refractivity contribution in [2.75, 3.05) is 6.54 Å². The number of nitrogens with two attached hydrogens (primary N) is 1. The number of fused-ring (bicyclic) bond motifs is 1. The highest BCUT2D eigenvalue weighted by Gasteiger charge is 2.23. The molecule has 6 nitrogen and oxygen atoms in total. The Bertz CT molecular complexity index is 673. The third kappa shape index (κ3) is 1.96. The molecule has 2 heterocycles. The molecular formula is C13H13N5O. The summed E-state index contributed by atoms with van der Waals surface area (Å²) in [6.45, 7) is 2.27. The van der Waals surface area contributed by atoms with Crippen molar-refractivity contribution >= 4 is 5.91 Å². The molecule has 3 rings (SSSR count). The van der Waals surface area contributed by atoms with Gasteiger partial charge in [-0.1, -0.05) is 6.07 Å². The standard InChI is InChI=1S/C13H13N5O/c1-7-4-11(16-15-7)8-2-3-9-10(5-8)12(6-14)17-18-13(9)19/h2-5,12H,6,14H2,1H3,(H,15,16). The topological polar surface area (TPSA) is 96.5 Å². The van der Waals surface area contributed by atoms with Gasteiger partial charge in [-0.15, -0.1) is 5.11 Å². The lowest BCUT2D eigenvalue weighted by Crippen LogP contribution is -2.17. The molecule has 19 heavy (non-hydrogen) atoms. The zero-order valence-electron chi connectivity index (χ0n) is 10.4. The molecular weight excluding hydrogens is 242 g/mol. The first kappa shape index (κ1) is 11.7. The molecule has 0 spiro atoms. The van der Waals surface area contributed by atoms with Crippen LogP contribution in [-0.2, 0) is 0 Å². The normalized spacial score (nSPS) is 17.6. The molecule has 0 bridgehead atoms. The van der Waals surface area contributed by atoms with Crippen LogP contribution < -0.4 is 5.73 Å². The number of hydrogen-bond donors (Lipinski definition) is 2. The molecule has 3 N–H and O–H groups in total. The Balaban J connectivity index is 2.11. The third-order valence-corrected chi connectivity index (χ3v) is 3.15. The largest absolute Gasteiger partial charge is 0.328 e. The van der Waals surface area contributed by atoms with E-state index in [-0.39, 0.29) is 11.9 Å². The second kappa shape index (κ2) is 4.40. The zero-order chi connectivity index (χ0) is 13.4. The molecule has 2 aromatic rings. The number of carbonyl (C=O) groups is 1. The molecule has 6 heteroatoms. The molecule has 0 saturated carbocycles. The number of benzene rings is 1. The average molecular weight is 255 g/mol. The fraction of sp³-hybridized carbons (Fsp3) is 0.231. The fourth-order valence-electron chi connectivity index (χ4n) is 2.17. The maximum absolute atomic E-state index is 11.7. The quantitative estimate of drug-likeness (QED) is 0.858. The van der Waals surface area contributed by atoms with Crippen molar-refractivity contribution in [3.63, 3.8) is 0 Å². The molecule has 1 amide bonds. The van der Waals surface area contributed by atoms with Gasteiger partial charge >= 0.3 is 0 Å². The van der Waals surface area contributed by atoms with Crippen molar-refractivity contribution < 1.29 is 4.79 Å². The molecule has 1 aliphatic rings. The maximum Gasteiger partial charge on any atom is 0.295 e. The molecule has 1 unspecified atom stereocenters. The number of carbonyl (C=O) groups excluding carboxylic acids is 1. The summed E-state index contributed by atoms with van der Waals surface area (Å²) < 4.78 is 0. The van der Waals surface area contributed by atoms with E-state index in [2.05, 4.69) is 20.4 Å². The zero-order valence-corrected chi connectivity index (χ0v) is 10.4. The minimum atomic E-state index is -0.315. The van der Waals surface area contributed by atoms with Gasteiger partial charge in [-0.3, -0.25) is 9.89 Å². The van der Waals surface area contributed by atoms with Gasteiger partial charge in [0.1, 0.15) is 6.04 Å². The van der Waals surface area contributed by atoms with E-state index in [0.29, 0.717) is 12.1 Å². The van der Waals surface area contributed by atoms with E-state index >= 15 is 0 Å². The first-order valence-electron chi connectivity index (χ1n) is 6.00. The Morgan fingerprint density at radius 3 is 2.89 bits per heavy atom. The van der Waals surface area contributed by atoms with Gasteiger partial charge < -0.3 is 5.73 Å². The fourth-order valence-corrected chi connectivity index (χ4v) is 2.17. The summed E-state index contributed by atoms with van der Waals surface area (Å²) >= 11 is 0. The van der Waals surface area contributed by atoms with E-state index in [4.69, 9.17) is 5.73 Å². The molecule has 1 aromatic heterocycles. The first-order valence-corrected chi connectivity index (χ1v) is 6.00. The van der Waals surface area contributed by atoms with Crippen molar-refractivity contribution in [3.05, 3.63) is 41.1 Å². The molecule has 0 radical (unpaired) electrons. The second-order valence-electron chi connectivity index (χ2n) is 4.51. The number of nitrogens with zero attached hydrogens (tertiary/aromatic N) is 3. The van der Waals surface area contributed by atoms with E-state index in [1.54, 1.807) is 6.07 Å². The summed E-state index contributed by atoms with van der Waals surface area (Å²) in [5, 5.41) is 14.7. The van der Waals surface area contributed by atoms with Crippen molar-refractivity contribution in [1.82, 2.24) is 10.2 Å². The van der Waals surface area contributed by atoms with Crippen LogP contribution in [0, 0.1) is 6.92 Å². The van der Waals surface area contributed by atoms with Crippen LogP contribution in [0.1, 0.15) is 27.7 Å². The highest BCUT2D eigenvalue weighted by molar-refractivity contribution is 5.97. The van der Waals surface area contributed by atoms with Crippen LogP contribution in [0.2, 0.25) is 0 Å². The van der Waals surface area contributed by atoms with Crippen LogP contribution in [0.15, 0.2) is 34.5 Å². The number of H-pyrrole nitrogens is 1. The lowest BCUT2D eigenvalue weighted by atomic mass is 9.95. The summed E-state index contributed by atoms with van der Waals surface area (Å²) in [6, 6.07) is 7.23. The van der Waals surface area contributed by atoms with Crippen LogP contribution in [0.4, 0.5) is 0 Å². The van der Waals surface area contributed by atoms with Crippen molar-refractivity contribution in [3.8, 4) is 11.3 Å². The van der Waals surface area contributed by atoms with Gasteiger partial charge in [0.25, 0.3) is 5.91 Å². The van der Waals surface area contributed by atoms with Crippen LogP contribution in [-0.4, -0.2) is 22.6 Å². The van der Waals surface area contributed by atoms with Crippen molar-refractivity contribution in [1.29, 1.82) is 0 Å². The predicted molar refractivity (Wildman–Crippen MR) is 69.7 cm³/mol. The van der Waals surface area contributed by atoms with Gasteiger partial charge in [-0.05, 0) is 30.7 Å². The Kier molecular flexibility index (Phi) is 2.72. The van der Waals surface area contributed by atoms with Gasteiger partial charge in [-0.2, -0.15) is 10.2 Å². The molecule has 96 valence electrons. The van der Waals surface area contributed by atoms with E-state index in [1.165, 1.54) is 0 Å². The van der Waals surface area contributed by atoms with Crippen LogP contribution in [0.25, 0.3) is 11.3 Å². The second-order valence-corrected chi connectivity index (χ2v) is 4.51. The van der Waals surface area contributed by atoms with E-state index < -0.39 is 0 Å². The van der Waals surface area contributed by atoms with Crippen LogP contribution in [0.5, 0.6) is 0 Å². The number of amides is 1. The van der Waals surface area contributed by atoms with Crippen LogP contribution >= 0.6 is 0 Å². The number of rotatable bonds is 2. The number of nitrogens with one attached hydrogen (secondary N) is 1. The third-order valence-electron chi connectivity index (χ3n) is 3.15. The molecule has 0 aliphatic carbocycles. The highest BCUT2D eigenvalue weighted by Crippen LogP contribution is 2.30. The Labute approximate surface area is 109 Å². The smallest absolute Gasteiger partial charge is 0.295 e. The van der Waals surface area contributed by atoms with Gasteiger partial charge in [0.15, 0.2) is 0 Å². The summed E-state index contributed by atoms with van der Waals surface area (Å²) in [4.78, 5) is 11.7. The number of aryl methyl sites for hydroxylation is 1. The van der Waals surface area contributed by atoms with Gasteiger partial charge in [0.2, 0.25) is 0 Å². The van der Waals surface area contributed by atoms with Crippen LogP contribution in [0.3, 0.4) is 0 Å². The first-order chi connectivity index (χ1) is 9.19. The van der Waals surface area contributed by atoms with E-state index in [1.807, 2.05) is 25.1 Å². The monoisotopic (exact) mass is 255 g/mol. The summed E-state index contributed by atoms with van der Waals surface area (Å²) in [7, 11) is 0. The molecule has 1 aliphatic heterocycles. The predicted octanol–water partition coefficient (Wildman–Crippen LogP) is 1.99. The molecule has 0 fully saturated rings. The summed E-state index contributed by atoms with van der Waals surface area (Å²) in [6.07, 6.45) is 0. The molecule has 0 saturated heterocycles. The Morgan fingerprint density at radius 1 is 1.37 bits per heavy atom. The number of azo groups is 1. The molecule has 1 aromatic carbocycles. The van der Waals surface area contributed by atoms with E-state index in [9.17, 15) is 4.79 Å². The summed E-state index contributed by atoms with van der Waals surface area (Å²) in [5.74, 6) is -0.315. The Hall–Kier alpha value is -2.34. The lowest BCUT2D eigenvalue weighted by Gasteiger charge is -2.17. The van der Waals surface area contributed by atoms with Crippen molar-refractivity contribution in [2.24, 2.45) is 16.0 Å². The number of aromatic nitrogens is 2.